The van der Waals surface area contributed by atoms with E-state index in [9.17, 15) is 17.2 Å². The minimum absolute atomic E-state index is 0.0466. The Morgan fingerprint density at radius 1 is 1.20 bits per heavy atom. The van der Waals surface area contributed by atoms with Gasteiger partial charge in [-0.15, -0.1) is 0 Å². The van der Waals surface area contributed by atoms with E-state index in [1.807, 2.05) is 0 Å². The van der Waals surface area contributed by atoms with Crippen LogP contribution < -0.4 is 9.47 Å². The van der Waals surface area contributed by atoms with Gasteiger partial charge in [0.05, 0.1) is 26.0 Å². The summed E-state index contributed by atoms with van der Waals surface area (Å²) in [5, 5.41) is 0. The molecule has 1 aliphatic heterocycles. The number of aromatic nitrogens is 2. The van der Waals surface area contributed by atoms with E-state index >= 15 is 0 Å². The molecule has 0 aliphatic carbocycles. The summed E-state index contributed by atoms with van der Waals surface area (Å²) in [5.74, 6) is -1.81. The van der Waals surface area contributed by atoms with E-state index in [2.05, 4.69) is 9.97 Å². The highest BCUT2D eigenvalue weighted by Crippen LogP contribution is 2.27. The largest absolute Gasteiger partial charge is 0.480 e. The second-order valence-electron chi connectivity index (χ2n) is 5.34. The number of methoxy groups -OCH3 is 1. The second-order valence-corrected chi connectivity index (χ2v) is 7.22. The Hall–Kier alpha value is -2.33. The highest BCUT2D eigenvalue weighted by molar-refractivity contribution is 7.89. The third kappa shape index (κ3) is 3.54. The normalized spacial score (nSPS) is 18.3. The van der Waals surface area contributed by atoms with Crippen molar-refractivity contribution in [2.24, 2.45) is 0 Å². The van der Waals surface area contributed by atoms with Gasteiger partial charge in [0, 0.05) is 6.54 Å². The lowest BCUT2D eigenvalue weighted by Gasteiger charge is -2.17. The van der Waals surface area contributed by atoms with Crippen LogP contribution in [-0.2, 0) is 10.0 Å². The fraction of sp³-hybridized carbons (Fsp3) is 0.333. The Balaban J connectivity index is 1.76. The van der Waals surface area contributed by atoms with Gasteiger partial charge in [0.15, 0.2) is 4.90 Å². The van der Waals surface area contributed by atoms with Crippen LogP contribution in [0.3, 0.4) is 0 Å². The van der Waals surface area contributed by atoms with Gasteiger partial charge in [0.25, 0.3) is 0 Å². The van der Waals surface area contributed by atoms with Crippen molar-refractivity contribution < 1.29 is 26.7 Å². The molecule has 0 saturated carbocycles. The van der Waals surface area contributed by atoms with Crippen LogP contribution in [0, 0.1) is 11.6 Å². The lowest BCUT2D eigenvalue weighted by molar-refractivity contribution is 0.203. The van der Waals surface area contributed by atoms with Crippen molar-refractivity contribution in [3.05, 3.63) is 42.2 Å². The van der Waals surface area contributed by atoms with E-state index in [1.54, 1.807) is 0 Å². The zero-order chi connectivity index (χ0) is 18.0. The number of sulfonamides is 1. The van der Waals surface area contributed by atoms with Gasteiger partial charge < -0.3 is 9.47 Å². The number of rotatable bonds is 5. The molecule has 0 spiro atoms. The molecule has 1 aliphatic rings. The van der Waals surface area contributed by atoms with E-state index in [4.69, 9.17) is 9.47 Å². The van der Waals surface area contributed by atoms with E-state index in [0.717, 1.165) is 22.5 Å². The standard InChI is InChI=1S/C15H15F2N3O4S/c1-23-13-7-18-8-14(19-13)24-10-5-6-20(9-10)25(21,22)15-11(16)3-2-4-12(15)17/h2-4,7-8,10H,5-6,9H2,1H3. The van der Waals surface area contributed by atoms with Crippen molar-refractivity contribution in [1.82, 2.24) is 14.3 Å². The maximum absolute atomic E-state index is 13.8. The smallest absolute Gasteiger partial charge is 0.249 e. The summed E-state index contributed by atoms with van der Waals surface area (Å²) in [6.45, 7) is 0.0349. The summed E-state index contributed by atoms with van der Waals surface area (Å²) >= 11 is 0. The number of halogens is 2. The average Bonchev–Trinajstić information content (AvgIpc) is 3.04. The maximum Gasteiger partial charge on any atom is 0.249 e. The summed E-state index contributed by atoms with van der Waals surface area (Å²) in [5.41, 5.74) is 0. The summed E-state index contributed by atoms with van der Waals surface area (Å²) in [4.78, 5) is 6.98. The van der Waals surface area contributed by atoms with Crippen LogP contribution >= 0.6 is 0 Å². The molecule has 3 rings (SSSR count). The predicted octanol–water partition coefficient (Wildman–Crippen LogP) is 1.61. The Bertz CT molecular complexity index is 859. The third-order valence-corrected chi connectivity index (χ3v) is 5.63. The second kappa shape index (κ2) is 6.89. The van der Waals surface area contributed by atoms with Crippen LogP contribution in [0.1, 0.15) is 6.42 Å². The van der Waals surface area contributed by atoms with Gasteiger partial charge in [-0.1, -0.05) is 6.07 Å². The van der Waals surface area contributed by atoms with Crippen LogP contribution in [0.5, 0.6) is 11.8 Å². The zero-order valence-electron chi connectivity index (χ0n) is 13.2. The van der Waals surface area contributed by atoms with Crippen molar-refractivity contribution in [3.8, 4) is 11.8 Å². The number of nitrogens with zero attached hydrogens (tertiary/aromatic N) is 3. The molecule has 0 N–H and O–H groups in total. The fourth-order valence-electron chi connectivity index (χ4n) is 2.53. The molecule has 1 aromatic heterocycles. The first-order valence-corrected chi connectivity index (χ1v) is 8.82. The Morgan fingerprint density at radius 3 is 2.56 bits per heavy atom. The van der Waals surface area contributed by atoms with Crippen molar-refractivity contribution in [2.75, 3.05) is 20.2 Å². The highest BCUT2D eigenvalue weighted by Gasteiger charge is 2.37. The van der Waals surface area contributed by atoms with Crippen LogP contribution in [0.25, 0.3) is 0 Å². The number of hydrogen-bond donors (Lipinski definition) is 0. The van der Waals surface area contributed by atoms with Crippen molar-refractivity contribution in [1.29, 1.82) is 0 Å². The molecule has 1 saturated heterocycles. The highest BCUT2D eigenvalue weighted by atomic mass is 32.2. The topological polar surface area (TPSA) is 81.6 Å². The summed E-state index contributed by atoms with van der Waals surface area (Å²) < 4.78 is 64.2. The predicted molar refractivity (Wildman–Crippen MR) is 82.7 cm³/mol. The lowest BCUT2D eigenvalue weighted by Crippen LogP contribution is -2.32. The molecule has 1 aromatic carbocycles. The van der Waals surface area contributed by atoms with Crippen molar-refractivity contribution in [2.45, 2.75) is 17.4 Å². The van der Waals surface area contributed by atoms with Crippen molar-refractivity contribution in [3.63, 3.8) is 0 Å². The summed E-state index contributed by atoms with van der Waals surface area (Å²) in [6.07, 6.45) is 2.62. The van der Waals surface area contributed by atoms with Gasteiger partial charge in [-0.05, 0) is 18.6 Å². The average molecular weight is 371 g/mol. The van der Waals surface area contributed by atoms with Gasteiger partial charge >= 0.3 is 0 Å². The molecule has 10 heteroatoms. The molecule has 2 heterocycles. The van der Waals surface area contributed by atoms with Crippen molar-refractivity contribution >= 4 is 10.0 Å². The van der Waals surface area contributed by atoms with Crippen LogP contribution in [0.4, 0.5) is 8.78 Å². The van der Waals surface area contributed by atoms with Crippen LogP contribution in [-0.4, -0.2) is 49.0 Å². The van der Waals surface area contributed by atoms with Gasteiger partial charge in [-0.3, -0.25) is 4.98 Å². The minimum atomic E-state index is -4.30. The molecule has 134 valence electrons. The minimum Gasteiger partial charge on any atom is -0.480 e. The fourth-order valence-corrected chi connectivity index (χ4v) is 4.12. The molecule has 1 atom stereocenters. The van der Waals surface area contributed by atoms with Gasteiger partial charge in [-0.25, -0.2) is 17.2 Å². The molecule has 0 bridgehead atoms. The van der Waals surface area contributed by atoms with E-state index in [0.29, 0.717) is 6.42 Å². The molecule has 25 heavy (non-hydrogen) atoms. The summed E-state index contributed by atoms with van der Waals surface area (Å²) in [6, 6.07) is 2.93. The molecule has 0 amide bonds. The number of hydrogen-bond acceptors (Lipinski definition) is 6. The SMILES string of the molecule is COc1cncc(OC2CCN(S(=O)(=O)c3c(F)cccc3F)C2)n1. The van der Waals surface area contributed by atoms with E-state index in [1.165, 1.54) is 19.5 Å². The number of benzene rings is 1. The molecule has 2 aromatic rings. The molecule has 1 unspecified atom stereocenters. The monoisotopic (exact) mass is 371 g/mol. The first-order valence-electron chi connectivity index (χ1n) is 7.38. The molecule has 0 radical (unpaired) electrons. The Morgan fingerprint density at radius 2 is 1.88 bits per heavy atom. The van der Waals surface area contributed by atoms with Gasteiger partial charge in [-0.2, -0.15) is 9.29 Å². The van der Waals surface area contributed by atoms with Gasteiger partial charge in [0.2, 0.25) is 21.8 Å². The first-order chi connectivity index (χ1) is 11.9. The summed E-state index contributed by atoms with van der Waals surface area (Å²) in [7, 11) is -2.86. The van der Waals surface area contributed by atoms with E-state index in [-0.39, 0.29) is 24.8 Å². The number of ether oxygens (including phenoxy) is 2. The molecular formula is C15H15F2N3O4S. The van der Waals surface area contributed by atoms with E-state index < -0.39 is 32.7 Å². The Labute approximate surface area is 143 Å². The molecule has 1 fully saturated rings. The van der Waals surface area contributed by atoms with Crippen LogP contribution in [0.15, 0.2) is 35.5 Å². The van der Waals surface area contributed by atoms with Crippen LogP contribution in [0.2, 0.25) is 0 Å². The zero-order valence-corrected chi connectivity index (χ0v) is 14.0. The Kier molecular flexibility index (Phi) is 4.82. The maximum atomic E-state index is 13.8. The molecular weight excluding hydrogens is 356 g/mol. The quantitative estimate of drug-likeness (QED) is 0.794. The molecule has 7 nitrogen and oxygen atoms in total. The van der Waals surface area contributed by atoms with Gasteiger partial charge in [0.1, 0.15) is 17.7 Å². The lowest BCUT2D eigenvalue weighted by atomic mass is 10.3. The first kappa shape index (κ1) is 17.5. The third-order valence-electron chi connectivity index (χ3n) is 3.71.